The van der Waals surface area contributed by atoms with Gasteiger partial charge >= 0.3 is 5.97 Å². The van der Waals surface area contributed by atoms with Crippen molar-refractivity contribution in [2.75, 3.05) is 6.61 Å². The minimum Gasteiger partial charge on any atom is -0.463 e. The number of carbonyl (C=O) groups is 1. The molecule has 0 aromatic rings. The lowest BCUT2D eigenvalue weighted by atomic mass is 10.1. The molecule has 0 fully saturated rings. The number of carbonyl (C=O) groups excluding carboxylic acids is 1. The minimum atomic E-state index is -1.95. The molecule has 0 atom stereocenters. The third kappa shape index (κ3) is 11.2. The molecule has 0 aromatic heterocycles. The van der Waals surface area contributed by atoms with E-state index in [1.807, 2.05) is 6.08 Å². The summed E-state index contributed by atoms with van der Waals surface area (Å²) in [6.07, 6.45) is 11.0. The number of rotatable bonds is 10. The van der Waals surface area contributed by atoms with Crippen molar-refractivity contribution in [2.24, 2.45) is 0 Å². The van der Waals surface area contributed by atoms with Crippen LogP contribution in [0.15, 0.2) is 12.7 Å². The Morgan fingerprint density at radius 1 is 1.00 bits per heavy atom. The first-order chi connectivity index (χ1) is 8.48. The largest absolute Gasteiger partial charge is 0.463 e. The highest BCUT2D eigenvalue weighted by molar-refractivity contribution is 6.75. The van der Waals surface area contributed by atoms with Gasteiger partial charge in [0.2, 0.25) is 0 Å². The molecule has 0 radical (unpaired) electrons. The van der Waals surface area contributed by atoms with Gasteiger partial charge in [0, 0.05) is 0 Å². The van der Waals surface area contributed by atoms with Gasteiger partial charge in [0.05, 0.1) is 6.61 Å². The Balaban J connectivity index is 3.21. The molecule has 18 heavy (non-hydrogen) atoms. The van der Waals surface area contributed by atoms with Crippen molar-refractivity contribution in [3.8, 4) is 0 Å². The molecule has 0 aliphatic carbocycles. The first-order valence-corrected chi connectivity index (χ1v) is 7.46. The van der Waals surface area contributed by atoms with E-state index < -0.39 is 9.76 Å². The second-order valence-corrected chi connectivity index (χ2v) is 6.47. The monoisotopic (exact) mass is 314 g/mol. The van der Waals surface area contributed by atoms with Gasteiger partial charge in [0.1, 0.15) is 0 Å². The van der Waals surface area contributed by atoms with Crippen molar-refractivity contribution >= 4 is 40.8 Å². The first-order valence-electron chi connectivity index (χ1n) is 6.33. The summed E-state index contributed by atoms with van der Waals surface area (Å²) in [5, 5.41) is 0. The zero-order valence-corrected chi connectivity index (χ0v) is 12.9. The molecule has 5 heteroatoms. The summed E-state index contributed by atoms with van der Waals surface area (Å²) in [4.78, 5) is 11.1. The first kappa shape index (κ1) is 18.1. The molecule has 0 aliphatic heterocycles. The molecule has 0 bridgehead atoms. The minimum absolute atomic E-state index is 0.323. The highest BCUT2D eigenvalue weighted by atomic mass is 35.6. The van der Waals surface area contributed by atoms with Crippen LogP contribution in [-0.2, 0) is 9.53 Å². The van der Waals surface area contributed by atoms with E-state index in [9.17, 15) is 4.79 Å². The summed E-state index contributed by atoms with van der Waals surface area (Å²) in [7, 11) is 0. The molecule has 0 rings (SSSR count). The van der Waals surface area contributed by atoms with Gasteiger partial charge in [0.25, 0.3) is 3.79 Å². The predicted molar refractivity (Wildman–Crippen MR) is 78.4 cm³/mol. The van der Waals surface area contributed by atoms with Crippen LogP contribution in [0.5, 0.6) is 0 Å². The third-order valence-electron chi connectivity index (χ3n) is 2.52. The van der Waals surface area contributed by atoms with E-state index in [4.69, 9.17) is 39.5 Å². The molecule has 0 saturated carbocycles. The maximum atomic E-state index is 11.1. The topological polar surface area (TPSA) is 26.3 Å². The van der Waals surface area contributed by atoms with Gasteiger partial charge < -0.3 is 4.74 Å². The quantitative estimate of drug-likeness (QED) is 0.239. The maximum absolute atomic E-state index is 11.1. The van der Waals surface area contributed by atoms with Crippen LogP contribution in [0.4, 0.5) is 0 Å². The fourth-order valence-corrected chi connectivity index (χ4v) is 1.68. The average molecular weight is 316 g/mol. The normalized spacial score (nSPS) is 11.3. The van der Waals surface area contributed by atoms with E-state index in [0.717, 1.165) is 25.7 Å². The lowest BCUT2D eigenvalue weighted by Crippen LogP contribution is -2.22. The molecule has 0 unspecified atom stereocenters. The molecule has 2 nitrogen and oxygen atoms in total. The van der Waals surface area contributed by atoms with Crippen LogP contribution in [0.2, 0.25) is 0 Å². The van der Waals surface area contributed by atoms with Crippen LogP contribution in [0.25, 0.3) is 0 Å². The van der Waals surface area contributed by atoms with Crippen molar-refractivity contribution < 1.29 is 9.53 Å². The lowest BCUT2D eigenvalue weighted by Gasteiger charge is -2.10. The number of ether oxygens (including phenoxy) is 1. The van der Waals surface area contributed by atoms with E-state index >= 15 is 0 Å². The summed E-state index contributed by atoms with van der Waals surface area (Å²) >= 11 is 16.1. The second kappa shape index (κ2) is 11.0. The van der Waals surface area contributed by atoms with E-state index in [1.165, 1.54) is 25.7 Å². The van der Waals surface area contributed by atoms with Crippen molar-refractivity contribution in [3.63, 3.8) is 0 Å². The number of allylic oxidation sites excluding steroid dienone is 1. The number of esters is 1. The van der Waals surface area contributed by atoms with E-state index in [-0.39, 0.29) is 0 Å². The number of hydrogen-bond donors (Lipinski definition) is 0. The van der Waals surface area contributed by atoms with Gasteiger partial charge in [-0.15, -0.1) is 6.58 Å². The molecule has 0 saturated heterocycles. The highest BCUT2D eigenvalue weighted by Crippen LogP contribution is 2.27. The van der Waals surface area contributed by atoms with E-state index in [1.54, 1.807) is 0 Å². The Hall–Kier alpha value is 0.0800. The Kier molecular flexibility index (Phi) is 11.0. The van der Waals surface area contributed by atoms with Gasteiger partial charge in [-0.25, -0.2) is 4.79 Å². The SMILES string of the molecule is C=CCCCCCCCCCOC(=O)C(Cl)(Cl)Cl. The van der Waals surface area contributed by atoms with Crippen LogP contribution in [-0.4, -0.2) is 16.4 Å². The smallest absolute Gasteiger partial charge is 0.358 e. The van der Waals surface area contributed by atoms with Crippen molar-refractivity contribution in [1.29, 1.82) is 0 Å². The summed E-state index contributed by atoms with van der Waals surface area (Å²) in [6, 6.07) is 0. The van der Waals surface area contributed by atoms with Gasteiger partial charge in [-0.1, -0.05) is 73.0 Å². The van der Waals surface area contributed by atoms with Crippen LogP contribution < -0.4 is 0 Å². The van der Waals surface area contributed by atoms with Crippen LogP contribution >= 0.6 is 34.8 Å². The number of halogens is 3. The molecule has 0 amide bonds. The van der Waals surface area contributed by atoms with Gasteiger partial charge in [-0.3, -0.25) is 0 Å². The standard InChI is InChI=1S/C13H21Cl3O2/c1-2-3-4-5-6-7-8-9-10-11-18-12(17)13(14,15)16/h2H,1,3-11H2. The van der Waals surface area contributed by atoms with Gasteiger partial charge in [-0.2, -0.15) is 0 Å². The maximum Gasteiger partial charge on any atom is 0.358 e. The molecule has 0 aromatic carbocycles. The molecular formula is C13H21Cl3O2. The summed E-state index contributed by atoms with van der Waals surface area (Å²) in [5.74, 6) is -0.795. The van der Waals surface area contributed by atoms with Crippen LogP contribution in [0.1, 0.15) is 51.4 Å². The Morgan fingerprint density at radius 2 is 1.50 bits per heavy atom. The Morgan fingerprint density at radius 3 is 2.00 bits per heavy atom. The average Bonchev–Trinajstić information content (AvgIpc) is 2.30. The predicted octanol–water partition coefficient (Wildman–Crippen LogP) is 5.21. The number of alkyl halides is 3. The Labute approximate surface area is 125 Å². The van der Waals surface area contributed by atoms with E-state index in [2.05, 4.69) is 6.58 Å². The molecule has 0 heterocycles. The van der Waals surface area contributed by atoms with Crippen molar-refractivity contribution in [3.05, 3.63) is 12.7 Å². The zero-order valence-electron chi connectivity index (χ0n) is 10.6. The van der Waals surface area contributed by atoms with E-state index in [0.29, 0.717) is 6.61 Å². The summed E-state index contributed by atoms with van der Waals surface area (Å²) in [6.45, 7) is 4.01. The molecule has 0 N–H and O–H groups in total. The molecule has 0 aliphatic rings. The summed E-state index contributed by atoms with van der Waals surface area (Å²) in [5.41, 5.74) is 0. The third-order valence-corrected chi connectivity index (χ3v) is 2.98. The second-order valence-electron chi connectivity index (χ2n) is 4.19. The number of hydrogen-bond acceptors (Lipinski definition) is 2. The fraction of sp³-hybridized carbons (Fsp3) is 0.769. The molecule has 106 valence electrons. The lowest BCUT2D eigenvalue weighted by molar-refractivity contribution is -0.142. The van der Waals surface area contributed by atoms with Crippen LogP contribution in [0, 0.1) is 0 Å². The Bertz CT molecular complexity index is 237. The molecular weight excluding hydrogens is 294 g/mol. The fourth-order valence-electron chi connectivity index (χ4n) is 1.52. The van der Waals surface area contributed by atoms with Gasteiger partial charge in [0.15, 0.2) is 0 Å². The van der Waals surface area contributed by atoms with Gasteiger partial charge in [-0.05, 0) is 19.3 Å². The summed E-state index contributed by atoms with van der Waals surface area (Å²) < 4.78 is 2.87. The molecule has 0 spiro atoms. The number of unbranched alkanes of at least 4 members (excludes halogenated alkanes) is 7. The highest BCUT2D eigenvalue weighted by Gasteiger charge is 2.32. The zero-order chi connectivity index (χ0) is 13.9. The van der Waals surface area contributed by atoms with Crippen molar-refractivity contribution in [2.45, 2.75) is 55.2 Å². The van der Waals surface area contributed by atoms with Crippen molar-refractivity contribution in [1.82, 2.24) is 0 Å². The van der Waals surface area contributed by atoms with Crippen LogP contribution in [0.3, 0.4) is 0 Å².